The number of ether oxygens (including phenoxy) is 1. The number of hydrogen-bond acceptors (Lipinski definition) is 5. The number of nitrogens with one attached hydrogen (secondary N) is 1. The van der Waals surface area contributed by atoms with Gasteiger partial charge in [-0.25, -0.2) is 4.79 Å². The number of amides is 3. The number of aryl methyl sites for hydroxylation is 1. The Balaban J connectivity index is 1.94. The van der Waals surface area contributed by atoms with Gasteiger partial charge < -0.3 is 14.6 Å². The number of esters is 1. The molecule has 0 spiro atoms. The van der Waals surface area contributed by atoms with E-state index in [1.807, 2.05) is 18.5 Å². The first-order chi connectivity index (χ1) is 11.0. The molecule has 1 aliphatic rings. The highest BCUT2D eigenvalue weighted by molar-refractivity contribution is 6.08. The van der Waals surface area contributed by atoms with Crippen LogP contribution in [0.1, 0.15) is 35.6 Å². The van der Waals surface area contributed by atoms with E-state index in [0.29, 0.717) is 5.56 Å². The fraction of sp³-hybridized carbons (Fsp3) is 0.500. The Kier molecular flexibility index (Phi) is 4.50. The summed E-state index contributed by atoms with van der Waals surface area (Å²) in [7, 11) is 1.84. The van der Waals surface area contributed by atoms with Gasteiger partial charge in [0.25, 0.3) is 5.91 Å². The van der Waals surface area contributed by atoms with E-state index in [0.717, 1.165) is 16.3 Å². The summed E-state index contributed by atoms with van der Waals surface area (Å²) in [6.07, 6.45) is 0. The molecule has 1 fully saturated rings. The van der Waals surface area contributed by atoms with Gasteiger partial charge >= 0.3 is 12.0 Å². The minimum absolute atomic E-state index is 0.331. The minimum atomic E-state index is -1.05. The number of imide groups is 1. The van der Waals surface area contributed by atoms with Gasteiger partial charge in [-0.1, -0.05) is 0 Å². The van der Waals surface area contributed by atoms with Gasteiger partial charge in [0.1, 0.15) is 12.1 Å². The van der Waals surface area contributed by atoms with Crippen molar-refractivity contribution in [3.63, 3.8) is 0 Å². The second-order valence-electron chi connectivity index (χ2n) is 6.37. The first-order valence-electron chi connectivity index (χ1n) is 7.50. The zero-order valence-electron chi connectivity index (χ0n) is 14.4. The van der Waals surface area contributed by atoms with Gasteiger partial charge in [0, 0.05) is 24.0 Å². The van der Waals surface area contributed by atoms with Crippen LogP contribution in [0.4, 0.5) is 4.79 Å². The molecule has 2 rings (SSSR count). The monoisotopic (exact) mass is 335 g/mol. The number of ketones is 1. The standard InChI is InChI=1S/C16H21N3O5/c1-9-6-11(10(2)18(9)5)12(20)8-24-13(21)7-19-14(22)16(3,4)17-15(19)23/h6H,7-8H2,1-5H3,(H,17,23). The predicted molar refractivity (Wildman–Crippen MR) is 84.5 cm³/mol. The van der Waals surface area contributed by atoms with Crippen molar-refractivity contribution in [1.29, 1.82) is 0 Å². The highest BCUT2D eigenvalue weighted by Crippen LogP contribution is 2.17. The topological polar surface area (TPSA) is 97.7 Å². The summed E-state index contributed by atoms with van der Waals surface area (Å²) in [6.45, 7) is 5.81. The molecule has 1 saturated heterocycles. The molecule has 8 heteroatoms. The molecule has 1 aromatic heterocycles. The molecule has 1 aromatic rings. The summed E-state index contributed by atoms with van der Waals surface area (Å²) in [5.41, 5.74) is 1.14. The zero-order chi connectivity index (χ0) is 18.2. The molecule has 0 atom stereocenters. The summed E-state index contributed by atoms with van der Waals surface area (Å²) in [4.78, 5) is 48.5. The molecular formula is C16H21N3O5. The normalized spacial score (nSPS) is 16.3. The van der Waals surface area contributed by atoms with Gasteiger partial charge in [-0.2, -0.15) is 0 Å². The smallest absolute Gasteiger partial charge is 0.326 e. The second-order valence-corrected chi connectivity index (χ2v) is 6.37. The Bertz CT molecular complexity index is 732. The van der Waals surface area contributed by atoms with E-state index in [1.165, 1.54) is 0 Å². The van der Waals surface area contributed by atoms with Gasteiger partial charge in [-0.05, 0) is 33.8 Å². The molecule has 0 unspecified atom stereocenters. The van der Waals surface area contributed by atoms with Gasteiger partial charge in [-0.3, -0.25) is 19.3 Å². The molecule has 3 amide bonds. The number of carbonyl (C=O) groups excluding carboxylic acids is 4. The number of rotatable bonds is 5. The lowest BCUT2D eigenvalue weighted by atomic mass is 10.1. The largest absolute Gasteiger partial charge is 0.456 e. The van der Waals surface area contributed by atoms with E-state index in [-0.39, 0.29) is 5.78 Å². The first kappa shape index (κ1) is 17.7. The van der Waals surface area contributed by atoms with Crippen LogP contribution < -0.4 is 5.32 Å². The summed E-state index contributed by atoms with van der Waals surface area (Å²) in [5.74, 6) is -1.65. The van der Waals surface area contributed by atoms with Gasteiger partial charge in [-0.15, -0.1) is 0 Å². The van der Waals surface area contributed by atoms with E-state index < -0.39 is 36.6 Å². The quantitative estimate of drug-likeness (QED) is 0.485. The van der Waals surface area contributed by atoms with E-state index in [1.54, 1.807) is 26.8 Å². The lowest BCUT2D eigenvalue weighted by Gasteiger charge is -2.15. The van der Waals surface area contributed by atoms with Gasteiger partial charge in [0.15, 0.2) is 6.61 Å². The number of nitrogens with zero attached hydrogens (tertiary/aromatic N) is 2. The Labute approximate surface area is 139 Å². The maximum Gasteiger partial charge on any atom is 0.326 e. The molecule has 130 valence electrons. The molecule has 0 bridgehead atoms. The van der Waals surface area contributed by atoms with Crippen molar-refractivity contribution < 1.29 is 23.9 Å². The average molecular weight is 335 g/mol. The summed E-state index contributed by atoms with van der Waals surface area (Å²) in [6, 6.07) is 1.08. The lowest BCUT2D eigenvalue weighted by molar-refractivity contribution is -0.146. The maximum atomic E-state index is 12.2. The third kappa shape index (κ3) is 3.17. The second kappa shape index (κ2) is 6.10. The van der Waals surface area contributed by atoms with Crippen molar-refractivity contribution in [2.75, 3.05) is 13.2 Å². The third-order valence-electron chi connectivity index (χ3n) is 4.17. The van der Waals surface area contributed by atoms with Crippen LogP contribution in [0.3, 0.4) is 0 Å². The van der Waals surface area contributed by atoms with Crippen LogP contribution in [0.5, 0.6) is 0 Å². The minimum Gasteiger partial charge on any atom is -0.456 e. The van der Waals surface area contributed by atoms with Crippen LogP contribution >= 0.6 is 0 Å². The van der Waals surface area contributed by atoms with E-state index in [4.69, 9.17) is 4.74 Å². The Morgan fingerprint density at radius 1 is 1.25 bits per heavy atom. The number of hydrogen-bond donors (Lipinski definition) is 1. The molecular weight excluding hydrogens is 314 g/mol. The van der Waals surface area contributed by atoms with Crippen LogP contribution in [-0.4, -0.2) is 51.8 Å². The average Bonchev–Trinajstić information content (AvgIpc) is 2.86. The Hall–Kier alpha value is -2.64. The fourth-order valence-electron chi connectivity index (χ4n) is 2.50. The number of Topliss-reactive ketones (excluding diaryl/α,β-unsaturated/α-hetero) is 1. The van der Waals surface area contributed by atoms with E-state index in [2.05, 4.69) is 5.32 Å². The van der Waals surface area contributed by atoms with Crippen molar-refractivity contribution in [3.05, 3.63) is 23.0 Å². The van der Waals surface area contributed by atoms with Crippen LogP contribution in [0.25, 0.3) is 0 Å². The van der Waals surface area contributed by atoms with E-state index in [9.17, 15) is 19.2 Å². The zero-order valence-corrected chi connectivity index (χ0v) is 14.4. The SMILES string of the molecule is Cc1cc(C(=O)COC(=O)CN2C(=O)NC(C)(C)C2=O)c(C)n1C. The third-order valence-corrected chi connectivity index (χ3v) is 4.17. The highest BCUT2D eigenvalue weighted by atomic mass is 16.5. The van der Waals surface area contributed by atoms with Crippen LogP contribution in [0.15, 0.2) is 6.07 Å². The van der Waals surface area contributed by atoms with Crippen LogP contribution in [-0.2, 0) is 21.4 Å². The van der Waals surface area contributed by atoms with Crippen LogP contribution in [0.2, 0.25) is 0 Å². The van der Waals surface area contributed by atoms with Crippen LogP contribution in [0, 0.1) is 13.8 Å². The molecule has 0 radical (unpaired) electrons. The Morgan fingerprint density at radius 2 is 1.88 bits per heavy atom. The number of aromatic nitrogens is 1. The molecule has 0 saturated carbocycles. The van der Waals surface area contributed by atoms with Crippen molar-refractivity contribution in [2.24, 2.45) is 7.05 Å². The molecule has 1 N–H and O–H groups in total. The molecule has 2 heterocycles. The van der Waals surface area contributed by atoms with Crippen molar-refractivity contribution >= 4 is 23.7 Å². The molecule has 0 aliphatic carbocycles. The lowest BCUT2D eigenvalue weighted by Crippen LogP contribution is -2.41. The van der Waals surface area contributed by atoms with Crippen molar-refractivity contribution in [2.45, 2.75) is 33.2 Å². The van der Waals surface area contributed by atoms with Crippen molar-refractivity contribution in [3.8, 4) is 0 Å². The molecule has 24 heavy (non-hydrogen) atoms. The first-order valence-corrected chi connectivity index (χ1v) is 7.50. The Morgan fingerprint density at radius 3 is 2.33 bits per heavy atom. The summed E-state index contributed by atoms with van der Waals surface area (Å²) < 4.78 is 6.78. The predicted octanol–water partition coefficient (Wildman–Crippen LogP) is 0.698. The molecule has 0 aromatic carbocycles. The highest BCUT2D eigenvalue weighted by Gasteiger charge is 2.45. The maximum absolute atomic E-state index is 12.2. The van der Waals surface area contributed by atoms with E-state index >= 15 is 0 Å². The molecule has 8 nitrogen and oxygen atoms in total. The fourth-order valence-corrected chi connectivity index (χ4v) is 2.50. The summed E-state index contributed by atoms with van der Waals surface area (Å²) in [5, 5.41) is 2.47. The number of urea groups is 1. The summed E-state index contributed by atoms with van der Waals surface area (Å²) >= 11 is 0. The molecule has 1 aliphatic heterocycles. The van der Waals surface area contributed by atoms with Gasteiger partial charge in [0.2, 0.25) is 5.78 Å². The van der Waals surface area contributed by atoms with Gasteiger partial charge in [0.05, 0.1) is 0 Å². The van der Waals surface area contributed by atoms with Crippen molar-refractivity contribution in [1.82, 2.24) is 14.8 Å². The number of carbonyl (C=O) groups is 4.